The lowest BCUT2D eigenvalue weighted by atomic mass is 10.1. The Labute approximate surface area is 112 Å². The number of anilines is 1. The molecule has 0 saturated carbocycles. The predicted molar refractivity (Wildman–Crippen MR) is 74.8 cm³/mol. The number of halogens is 1. The fraction of sp³-hybridized carbons (Fsp3) is 0.357. The molecule has 0 saturated heterocycles. The van der Waals surface area contributed by atoms with Gasteiger partial charge in [-0.15, -0.1) is 0 Å². The van der Waals surface area contributed by atoms with Gasteiger partial charge in [-0.3, -0.25) is 0 Å². The van der Waals surface area contributed by atoms with E-state index in [1.165, 1.54) is 11.3 Å². The first-order valence-electron chi connectivity index (χ1n) is 6.40. The highest BCUT2D eigenvalue weighted by Crippen LogP contribution is 2.31. The normalized spacial score (nSPS) is 13.4. The number of hydrogen-bond donors (Lipinski definition) is 1. The number of para-hydroxylation sites is 1. The molecule has 4 heteroatoms. The van der Waals surface area contributed by atoms with Gasteiger partial charge in [0.15, 0.2) is 0 Å². The van der Waals surface area contributed by atoms with E-state index in [-0.39, 0.29) is 0 Å². The second kappa shape index (κ2) is 4.65. The minimum Gasteiger partial charge on any atom is -0.369 e. The van der Waals surface area contributed by atoms with Crippen LogP contribution in [0.25, 0.3) is 5.69 Å². The van der Waals surface area contributed by atoms with Gasteiger partial charge >= 0.3 is 0 Å². The zero-order valence-corrected chi connectivity index (χ0v) is 11.2. The minimum atomic E-state index is 0.736. The summed E-state index contributed by atoms with van der Waals surface area (Å²) >= 11 is 6.26. The van der Waals surface area contributed by atoms with Crippen molar-refractivity contribution >= 4 is 17.4 Å². The van der Waals surface area contributed by atoms with Gasteiger partial charge in [0.2, 0.25) is 0 Å². The first kappa shape index (κ1) is 11.6. The second-order valence-corrected chi connectivity index (χ2v) is 4.97. The van der Waals surface area contributed by atoms with Crippen molar-refractivity contribution in [1.29, 1.82) is 0 Å². The highest BCUT2D eigenvalue weighted by Gasteiger charge is 2.22. The molecule has 1 aromatic heterocycles. The van der Waals surface area contributed by atoms with Gasteiger partial charge in [-0.1, -0.05) is 37.1 Å². The van der Waals surface area contributed by atoms with Gasteiger partial charge in [0.05, 0.1) is 16.4 Å². The molecule has 1 aliphatic rings. The molecule has 2 heterocycles. The Bertz CT molecular complexity index is 574. The molecular formula is C14H16ClN3. The van der Waals surface area contributed by atoms with Crippen LogP contribution in [0.2, 0.25) is 5.02 Å². The Morgan fingerprint density at radius 1 is 1.39 bits per heavy atom. The smallest absolute Gasteiger partial charge is 0.133 e. The number of hydrogen-bond acceptors (Lipinski definition) is 2. The van der Waals surface area contributed by atoms with Crippen LogP contribution in [0.3, 0.4) is 0 Å². The van der Waals surface area contributed by atoms with E-state index >= 15 is 0 Å². The van der Waals surface area contributed by atoms with Crippen LogP contribution in [0.4, 0.5) is 5.82 Å². The molecule has 0 amide bonds. The number of aromatic nitrogens is 2. The van der Waals surface area contributed by atoms with E-state index in [0.717, 1.165) is 42.3 Å². The quantitative estimate of drug-likeness (QED) is 0.917. The molecule has 18 heavy (non-hydrogen) atoms. The number of benzene rings is 1. The Kier molecular flexibility index (Phi) is 3.00. The van der Waals surface area contributed by atoms with Crippen molar-refractivity contribution in [2.24, 2.45) is 0 Å². The second-order valence-electron chi connectivity index (χ2n) is 4.56. The Morgan fingerprint density at radius 3 is 3.00 bits per heavy atom. The van der Waals surface area contributed by atoms with E-state index in [4.69, 9.17) is 16.7 Å². The van der Waals surface area contributed by atoms with E-state index in [9.17, 15) is 0 Å². The maximum absolute atomic E-state index is 6.26. The van der Waals surface area contributed by atoms with E-state index in [0.29, 0.717) is 0 Å². The lowest BCUT2D eigenvalue weighted by Crippen LogP contribution is -2.05. The van der Waals surface area contributed by atoms with Gasteiger partial charge in [0.1, 0.15) is 5.82 Å². The largest absolute Gasteiger partial charge is 0.369 e. The zero-order valence-electron chi connectivity index (χ0n) is 10.4. The molecule has 0 radical (unpaired) electrons. The molecule has 0 spiro atoms. The molecule has 3 nitrogen and oxygen atoms in total. The van der Waals surface area contributed by atoms with Gasteiger partial charge in [-0.2, -0.15) is 5.10 Å². The van der Waals surface area contributed by atoms with Crippen molar-refractivity contribution in [2.45, 2.75) is 26.2 Å². The molecule has 94 valence electrons. The first-order valence-corrected chi connectivity index (χ1v) is 6.78. The Balaban J connectivity index is 2.13. The summed E-state index contributed by atoms with van der Waals surface area (Å²) in [6.45, 7) is 3.18. The van der Waals surface area contributed by atoms with Gasteiger partial charge in [0, 0.05) is 12.1 Å². The van der Waals surface area contributed by atoms with E-state index < -0.39 is 0 Å². The number of nitrogens with one attached hydrogen (secondary N) is 1. The summed E-state index contributed by atoms with van der Waals surface area (Å²) in [6, 6.07) is 7.84. The summed E-state index contributed by atoms with van der Waals surface area (Å²) in [5, 5.41) is 8.87. The molecule has 0 aliphatic carbocycles. The summed E-state index contributed by atoms with van der Waals surface area (Å²) in [5.41, 5.74) is 3.52. The topological polar surface area (TPSA) is 29.9 Å². The molecule has 1 aliphatic heterocycles. The molecule has 1 aromatic carbocycles. The van der Waals surface area contributed by atoms with Crippen molar-refractivity contribution in [3.05, 3.63) is 40.5 Å². The van der Waals surface area contributed by atoms with Crippen LogP contribution in [0.1, 0.15) is 24.6 Å². The molecule has 1 N–H and O–H groups in total. The van der Waals surface area contributed by atoms with Crippen LogP contribution in [0.15, 0.2) is 24.3 Å². The molecular weight excluding hydrogens is 246 g/mol. The Morgan fingerprint density at radius 2 is 2.22 bits per heavy atom. The van der Waals surface area contributed by atoms with Crippen LogP contribution in [-0.2, 0) is 12.8 Å². The van der Waals surface area contributed by atoms with E-state index in [1.807, 2.05) is 28.9 Å². The number of nitrogens with zero attached hydrogens (tertiary/aromatic N) is 2. The van der Waals surface area contributed by atoms with Crippen LogP contribution in [0, 0.1) is 0 Å². The first-order chi connectivity index (χ1) is 8.81. The third-order valence-corrected chi connectivity index (χ3v) is 3.62. The summed E-state index contributed by atoms with van der Waals surface area (Å²) in [7, 11) is 0. The number of rotatable bonds is 3. The highest BCUT2D eigenvalue weighted by atomic mass is 35.5. The van der Waals surface area contributed by atoms with Crippen LogP contribution in [0.5, 0.6) is 0 Å². The average Bonchev–Trinajstić information content (AvgIpc) is 2.94. The van der Waals surface area contributed by atoms with Gasteiger partial charge in [-0.25, -0.2) is 4.68 Å². The van der Waals surface area contributed by atoms with Gasteiger partial charge < -0.3 is 5.32 Å². The summed E-state index contributed by atoms with van der Waals surface area (Å²) in [4.78, 5) is 0. The summed E-state index contributed by atoms with van der Waals surface area (Å²) in [6.07, 6.45) is 3.21. The fourth-order valence-electron chi connectivity index (χ4n) is 2.48. The molecule has 0 fully saturated rings. The van der Waals surface area contributed by atoms with Crippen molar-refractivity contribution < 1.29 is 0 Å². The molecule has 3 rings (SSSR count). The van der Waals surface area contributed by atoms with Crippen LogP contribution < -0.4 is 5.32 Å². The average molecular weight is 262 g/mol. The SMILES string of the molecule is CCCc1nn(-c2ccccc2Cl)c2c1CCN2. The summed E-state index contributed by atoms with van der Waals surface area (Å²) < 4.78 is 1.95. The standard InChI is InChI=1S/C14H16ClN3/c1-2-5-12-10-8-9-16-14(10)18(17-12)13-7-4-3-6-11(13)15/h3-4,6-7,16H,2,5,8-9H2,1H3. The highest BCUT2D eigenvalue weighted by molar-refractivity contribution is 6.32. The maximum atomic E-state index is 6.26. The maximum Gasteiger partial charge on any atom is 0.133 e. The van der Waals surface area contributed by atoms with Gasteiger partial charge in [0.25, 0.3) is 0 Å². The predicted octanol–water partition coefficient (Wildman–Crippen LogP) is 3.45. The fourth-order valence-corrected chi connectivity index (χ4v) is 2.70. The lowest BCUT2D eigenvalue weighted by molar-refractivity contribution is 0.796. The molecule has 2 aromatic rings. The van der Waals surface area contributed by atoms with Crippen LogP contribution in [-0.4, -0.2) is 16.3 Å². The van der Waals surface area contributed by atoms with Gasteiger partial charge in [-0.05, 0) is 25.0 Å². The number of aryl methyl sites for hydroxylation is 1. The third-order valence-electron chi connectivity index (χ3n) is 3.30. The third kappa shape index (κ3) is 1.79. The van der Waals surface area contributed by atoms with Crippen molar-refractivity contribution in [1.82, 2.24) is 9.78 Å². The van der Waals surface area contributed by atoms with Crippen molar-refractivity contribution in [3.63, 3.8) is 0 Å². The number of fused-ring (bicyclic) bond motifs is 1. The van der Waals surface area contributed by atoms with Crippen molar-refractivity contribution in [2.75, 3.05) is 11.9 Å². The lowest BCUT2D eigenvalue weighted by Gasteiger charge is -2.07. The molecule has 0 atom stereocenters. The van der Waals surface area contributed by atoms with E-state index in [1.54, 1.807) is 0 Å². The summed E-state index contributed by atoms with van der Waals surface area (Å²) in [5.74, 6) is 1.12. The molecule has 0 bridgehead atoms. The minimum absolute atomic E-state index is 0.736. The van der Waals surface area contributed by atoms with Crippen LogP contribution >= 0.6 is 11.6 Å². The monoisotopic (exact) mass is 261 g/mol. The molecule has 0 unspecified atom stereocenters. The van der Waals surface area contributed by atoms with Crippen molar-refractivity contribution in [3.8, 4) is 5.69 Å². The zero-order chi connectivity index (χ0) is 12.5. The van der Waals surface area contributed by atoms with E-state index in [2.05, 4.69) is 12.2 Å². The Hall–Kier alpha value is -1.48.